The molecule has 0 aliphatic heterocycles. The molecule has 8 nitrogen and oxygen atoms in total. The van der Waals surface area contributed by atoms with Crippen molar-refractivity contribution >= 4 is 34.5 Å². The van der Waals surface area contributed by atoms with Crippen LogP contribution < -0.4 is 5.69 Å². The van der Waals surface area contributed by atoms with Gasteiger partial charge in [0.2, 0.25) is 5.28 Å². The number of rotatable bonds is 3. The van der Waals surface area contributed by atoms with E-state index in [-0.39, 0.29) is 11.0 Å². The van der Waals surface area contributed by atoms with Gasteiger partial charge in [0.05, 0.1) is 6.33 Å². The van der Waals surface area contributed by atoms with Gasteiger partial charge < -0.3 is 4.98 Å². The highest BCUT2D eigenvalue weighted by Gasteiger charge is 2.14. The van der Waals surface area contributed by atoms with Gasteiger partial charge in [-0.1, -0.05) is 0 Å². The number of nitrogens with zero attached hydrogens (tertiary/aromatic N) is 5. The minimum atomic E-state index is -0.258. The Hall–Kier alpha value is -1.87. The van der Waals surface area contributed by atoms with Crippen LogP contribution in [0.15, 0.2) is 21.3 Å². The SMILES string of the molecule is CCn1c(Sc2nc(Cl)nc3nc[nH]c23)n[nH]c1=O. The number of hydrogen-bond donors (Lipinski definition) is 2. The van der Waals surface area contributed by atoms with Crippen molar-refractivity contribution in [2.24, 2.45) is 0 Å². The first-order chi connectivity index (χ1) is 9.19. The summed E-state index contributed by atoms with van der Waals surface area (Å²) >= 11 is 7.06. The Bertz CT molecular complexity index is 791. The van der Waals surface area contributed by atoms with E-state index in [2.05, 4.69) is 30.1 Å². The summed E-state index contributed by atoms with van der Waals surface area (Å²) in [6.07, 6.45) is 1.51. The molecule has 0 atom stereocenters. The third-order valence-electron chi connectivity index (χ3n) is 2.45. The smallest absolute Gasteiger partial charge is 0.341 e. The molecule has 10 heteroatoms. The Balaban J connectivity index is 2.10. The van der Waals surface area contributed by atoms with Crippen LogP contribution in [0.5, 0.6) is 0 Å². The molecule has 0 bridgehead atoms. The fraction of sp³-hybridized carbons (Fsp3) is 0.222. The molecule has 0 unspecified atom stereocenters. The summed E-state index contributed by atoms with van der Waals surface area (Å²) in [5.41, 5.74) is 0.877. The zero-order chi connectivity index (χ0) is 13.4. The van der Waals surface area contributed by atoms with Crippen molar-refractivity contribution in [1.29, 1.82) is 0 Å². The summed E-state index contributed by atoms with van der Waals surface area (Å²) in [7, 11) is 0. The van der Waals surface area contributed by atoms with Gasteiger partial charge >= 0.3 is 5.69 Å². The molecule has 0 aromatic carbocycles. The monoisotopic (exact) mass is 297 g/mol. The minimum absolute atomic E-state index is 0.100. The Kier molecular flexibility index (Phi) is 2.99. The topological polar surface area (TPSA) is 105 Å². The van der Waals surface area contributed by atoms with Crippen LogP contribution in [0.25, 0.3) is 11.2 Å². The van der Waals surface area contributed by atoms with E-state index < -0.39 is 0 Å². The van der Waals surface area contributed by atoms with Crippen molar-refractivity contribution in [3.05, 3.63) is 22.1 Å². The maximum Gasteiger partial charge on any atom is 0.343 e. The normalized spacial score (nSPS) is 11.3. The van der Waals surface area contributed by atoms with Gasteiger partial charge in [-0.2, -0.15) is 4.98 Å². The molecule has 3 heterocycles. The predicted octanol–water partition coefficient (Wildman–Crippen LogP) is 1.06. The van der Waals surface area contributed by atoms with E-state index in [9.17, 15) is 4.79 Å². The van der Waals surface area contributed by atoms with Gasteiger partial charge in [0.25, 0.3) is 0 Å². The number of H-pyrrole nitrogens is 2. The van der Waals surface area contributed by atoms with Gasteiger partial charge in [0.1, 0.15) is 10.5 Å². The Labute approximate surface area is 115 Å². The number of nitrogens with one attached hydrogen (secondary N) is 2. The van der Waals surface area contributed by atoms with Gasteiger partial charge in [-0.15, -0.1) is 5.10 Å². The average Bonchev–Trinajstić information content (AvgIpc) is 2.96. The molecule has 0 aliphatic rings. The predicted molar refractivity (Wildman–Crippen MR) is 69.3 cm³/mol. The number of fused-ring (bicyclic) bond motifs is 1. The molecule has 0 radical (unpaired) electrons. The van der Waals surface area contributed by atoms with Crippen LogP contribution in [0.1, 0.15) is 6.92 Å². The lowest BCUT2D eigenvalue weighted by Crippen LogP contribution is -2.16. The van der Waals surface area contributed by atoms with Crippen LogP contribution >= 0.6 is 23.4 Å². The first-order valence-corrected chi connectivity index (χ1v) is 6.58. The van der Waals surface area contributed by atoms with Crippen LogP contribution in [0.3, 0.4) is 0 Å². The zero-order valence-corrected chi connectivity index (χ0v) is 11.3. The summed E-state index contributed by atoms with van der Waals surface area (Å²) in [5, 5.41) is 7.54. The van der Waals surface area contributed by atoms with Gasteiger partial charge in [0.15, 0.2) is 10.8 Å². The highest BCUT2D eigenvalue weighted by Crippen LogP contribution is 2.28. The van der Waals surface area contributed by atoms with Crippen molar-refractivity contribution < 1.29 is 0 Å². The lowest BCUT2D eigenvalue weighted by Gasteiger charge is -2.02. The van der Waals surface area contributed by atoms with Crippen molar-refractivity contribution in [2.75, 3.05) is 0 Å². The fourth-order valence-corrected chi connectivity index (χ4v) is 2.79. The summed E-state index contributed by atoms with van der Waals surface area (Å²) in [5.74, 6) is 0. The second kappa shape index (κ2) is 4.67. The molecule has 0 saturated carbocycles. The Morgan fingerprint density at radius 3 is 3.11 bits per heavy atom. The molecule has 0 amide bonds. The minimum Gasteiger partial charge on any atom is -0.341 e. The van der Waals surface area contributed by atoms with E-state index in [1.807, 2.05) is 6.92 Å². The number of aromatic nitrogens is 7. The second-order valence-electron chi connectivity index (χ2n) is 3.56. The van der Waals surface area contributed by atoms with Gasteiger partial charge in [-0.25, -0.2) is 19.9 Å². The first-order valence-electron chi connectivity index (χ1n) is 5.38. The molecular weight excluding hydrogens is 290 g/mol. The number of hydrogen-bond acceptors (Lipinski definition) is 6. The second-order valence-corrected chi connectivity index (χ2v) is 4.85. The highest BCUT2D eigenvalue weighted by atomic mass is 35.5. The van der Waals surface area contributed by atoms with E-state index in [0.717, 1.165) is 0 Å². The number of aromatic amines is 2. The molecule has 0 fully saturated rings. The van der Waals surface area contributed by atoms with Crippen LogP contribution in [-0.2, 0) is 6.54 Å². The first kappa shape index (κ1) is 12.2. The van der Waals surface area contributed by atoms with E-state index in [4.69, 9.17) is 11.6 Å². The lowest BCUT2D eigenvalue weighted by molar-refractivity contribution is 0.660. The van der Waals surface area contributed by atoms with Crippen LogP contribution in [0, 0.1) is 0 Å². The van der Waals surface area contributed by atoms with Crippen LogP contribution in [-0.4, -0.2) is 34.7 Å². The van der Waals surface area contributed by atoms with Gasteiger partial charge in [-0.05, 0) is 30.3 Å². The molecule has 0 spiro atoms. The van der Waals surface area contributed by atoms with Crippen molar-refractivity contribution in [2.45, 2.75) is 23.7 Å². The number of halogens is 1. The molecule has 3 aromatic heterocycles. The Morgan fingerprint density at radius 1 is 1.47 bits per heavy atom. The highest BCUT2D eigenvalue weighted by molar-refractivity contribution is 7.99. The standard InChI is InChI=1S/C9H8ClN7OS/c1-2-17-8(18)15-16-9(17)19-6-4-5(12-3-11-4)13-7(10)14-6/h3H,2H2,1H3,(H,15,18)(H,11,12,13,14). The van der Waals surface area contributed by atoms with Crippen molar-refractivity contribution in [3.63, 3.8) is 0 Å². The average molecular weight is 298 g/mol. The lowest BCUT2D eigenvalue weighted by atomic mass is 10.6. The third kappa shape index (κ3) is 2.10. The van der Waals surface area contributed by atoms with Crippen LogP contribution in [0.2, 0.25) is 5.28 Å². The molecule has 98 valence electrons. The van der Waals surface area contributed by atoms with Gasteiger partial charge in [0, 0.05) is 6.54 Å². The maximum atomic E-state index is 11.5. The number of imidazole rings is 1. The summed E-state index contributed by atoms with van der Waals surface area (Å²) in [6.45, 7) is 2.38. The van der Waals surface area contributed by atoms with E-state index >= 15 is 0 Å². The molecule has 3 aromatic rings. The zero-order valence-electron chi connectivity index (χ0n) is 9.71. The fourth-order valence-electron chi connectivity index (χ4n) is 1.60. The molecule has 3 rings (SSSR count). The molecule has 0 saturated heterocycles. The molecular formula is C9H8ClN7OS. The molecule has 2 N–H and O–H groups in total. The van der Waals surface area contributed by atoms with E-state index in [1.54, 1.807) is 0 Å². The Morgan fingerprint density at radius 2 is 2.32 bits per heavy atom. The van der Waals surface area contributed by atoms with Crippen molar-refractivity contribution in [1.82, 2.24) is 34.7 Å². The third-order valence-corrected chi connectivity index (χ3v) is 3.60. The van der Waals surface area contributed by atoms with Crippen LogP contribution in [0.4, 0.5) is 0 Å². The maximum absolute atomic E-state index is 11.5. The quantitative estimate of drug-likeness (QED) is 0.553. The summed E-state index contributed by atoms with van der Waals surface area (Å²) < 4.78 is 1.50. The van der Waals surface area contributed by atoms with E-state index in [0.29, 0.717) is 27.9 Å². The largest absolute Gasteiger partial charge is 0.343 e. The van der Waals surface area contributed by atoms with E-state index in [1.165, 1.54) is 22.7 Å². The molecule has 0 aliphatic carbocycles. The van der Waals surface area contributed by atoms with Gasteiger partial charge in [-0.3, -0.25) is 4.57 Å². The summed E-state index contributed by atoms with van der Waals surface area (Å²) in [6, 6.07) is 0. The molecule has 19 heavy (non-hydrogen) atoms. The van der Waals surface area contributed by atoms with Crippen molar-refractivity contribution in [3.8, 4) is 0 Å². The summed E-state index contributed by atoms with van der Waals surface area (Å²) in [4.78, 5) is 26.6.